The monoisotopic (exact) mass is 513 g/mol. The number of nitrogens with zero attached hydrogens (tertiary/aromatic N) is 1. The van der Waals surface area contributed by atoms with Crippen molar-refractivity contribution in [2.24, 2.45) is 5.10 Å². The van der Waals surface area contributed by atoms with Gasteiger partial charge in [0.25, 0.3) is 11.8 Å². The van der Waals surface area contributed by atoms with Gasteiger partial charge in [-0.15, -0.1) is 0 Å². The summed E-state index contributed by atoms with van der Waals surface area (Å²) in [5, 5.41) is 6.23. The van der Waals surface area contributed by atoms with Gasteiger partial charge in [-0.05, 0) is 60.7 Å². The second-order valence-electron chi connectivity index (χ2n) is 6.43. The summed E-state index contributed by atoms with van der Waals surface area (Å²) in [7, 11) is 0. The maximum absolute atomic E-state index is 12.9. The number of nitrogens with one attached hydrogen (secondary N) is 2. The molecule has 0 bridgehead atoms. The zero-order chi connectivity index (χ0) is 23.6. The Morgan fingerprint density at radius 1 is 1.12 bits per heavy atom. The van der Waals surface area contributed by atoms with Crippen LogP contribution >= 0.6 is 15.9 Å². The molecule has 3 aromatic rings. The average molecular weight is 514 g/mol. The molecule has 10 heteroatoms. The summed E-state index contributed by atoms with van der Waals surface area (Å²) in [5.74, 6) is -1.50. The van der Waals surface area contributed by atoms with Crippen molar-refractivity contribution in [2.75, 3.05) is 6.54 Å². The summed E-state index contributed by atoms with van der Waals surface area (Å²) in [6.07, 6.45) is 5.46. The fraction of sp³-hybridized carbons (Fsp3) is 0.0435. The first kappa shape index (κ1) is 23.6. The van der Waals surface area contributed by atoms with Gasteiger partial charge < -0.3 is 14.5 Å². The minimum Gasteiger partial charge on any atom is -0.465 e. The number of furan rings is 1. The Bertz CT molecular complexity index is 1190. The van der Waals surface area contributed by atoms with E-state index in [1.54, 1.807) is 30.3 Å². The summed E-state index contributed by atoms with van der Waals surface area (Å²) >= 11 is 3.32. The first-order chi connectivity index (χ1) is 15.9. The van der Waals surface area contributed by atoms with Gasteiger partial charge in [-0.25, -0.2) is 14.6 Å². The zero-order valence-corrected chi connectivity index (χ0v) is 18.5. The molecule has 3 rings (SSSR count). The summed E-state index contributed by atoms with van der Waals surface area (Å²) in [6, 6.07) is 13.2. The largest absolute Gasteiger partial charge is 0.465 e. The molecule has 33 heavy (non-hydrogen) atoms. The van der Waals surface area contributed by atoms with Crippen molar-refractivity contribution >= 4 is 46.0 Å². The van der Waals surface area contributed by atoms with Crippen molar-refractivity contribution in [1.82, 2.24) is 10.7 Å². The number of amides is 2. The molecule has 0 saturated carbocycles. The second-order valence-corrected chi connectivity index (χ2v) is 7.35. The van der Waals surface area contributed by atoms with Gasteiger partial charge in [-0.2, -0.15) is 5.10 Å². The van der Waals surface area contributed by atoms with E-state index in [2.05, 4.69) is 31.8 Å². The van der Waals surface area contributed by atoms with Gasteiger partial charge >= 0.3 is 5.97 Å². The summed E-state index contributed by atoms with van der Waals surface area (Å²) < 4.78 is 24.0. The number of hydrazone groups is 1. The number of ether oxygens (including phenoxy) is 1. The molecule has 0 spiro atoms. The molecule has 0 unspecified atom stereocenters. The second kappa shape index (κ2) is 11.5. The molecule has 1 aromatic heterocycles. The van der Waals surface area contributed by atoms with Crippen LogP contribution in [0.5, 0.6) is 5.75 Å². The summed E-state index contributed by atoms with van der Waals surface area (Å²) in [6.45, 7) is -0.342. The Morgan fingerprint density at radius 2 is 1.91 bits per heavy atom. The smallest absolute Gasteiger partial charge is 0.336 e. The van der Waals surface area contributed by atoms with E-state index in [4.69, 9.17) is 9.15 Å². The number of hydrogen-bond donors (Lipinski definition) is 2. The van der Waals surface area contributed by atoms with Crippen LogP contribution in [0.2, 0.25) is 0 Å². The SMILES string of the molecule is O=C(CNC(=O)c1ccc(F)cc1)N/N=C/c1cc(Br)ccc1OC(=O)/C=C/c1ccco1. The van der Waals surface area contributed by atoms with Crippen LogP contribution < -0.4 is 15.5 Å². The first-order valence-electron chi connectivity index (χ1n) is 9.49. The molecule has 0 fully saturated rings. The van der Waals surface area contributed by atoms with E-state index in [-0.39, 0.29) is 17.9 Å². The Hall–Kier alpha value is -4.05. The van der Waals surface area contributed by atoms with Gasteiger partial charge in [0.05, 0.1) is 19.0 Å². The lowest BCUT2D eigenvalue weighted by Crippen LogP contribution is -2.34. The van der Waals surface area contributed by atoms with E-state index in [0.29, 0.717) is 15.8 Å². The van der Waals surface area contributed by atoms with Crippen molar-refractivity contribution in [3.8, 4) is 5.75 Å². The predicted molar refractivity (Wildman–Crippen MR) is 122 cm³/mol. The quantitative estimate of drug-likeness (QED) is 0.157. The third kappa shape index (κ3) is 7.54. The van der Waals surface area contributed by atoms with E-state index in [1.807, 2.05) is 0 Å². The Balaban J connectivity index is 1.54. The molecular weight excluding hydrogens is 497 g/mol. The van der Waals surface area contributed by atoms with Crippen LogP contribution in [0.3, 0.4) is 0 Å². The minimum absolute atomic E-state index is 0.217. The minimum atomic E-state index is -0.629. The molecule has 0 aliphatic heterocycles. The lowest BCUT2D eigenvalue weighted by molar-refractivity contribution is -0.129. The molecule has 0 aliphatic rings. The molecule has 2 amide bonds. The normalized spacial score (nSPS) is 11.0. The van der Waals surface area contributed by atoms with Gasteiger partial charge in [0.2, 0.25) is 0 Å². The van der Waals surface area contributed by atoms with Crippen LogP contribution in [0.15, 0.2) is 80.9 Å². The number of halogens is 2. The van der Waals surface area contributed by atoms with Gasteiger partial charge in [-0.3, -0.25) is 9.59 Å². The van der Waals surface area contributed by atoms with Crippen molar-refractivity contribution in [2.45, 2.75) is 0 Å². The van der Waals surface area contributed by atoms with E-state index in [0.717, 1.165) is 12.1 Å². The molecule has 168 valence electrons. The van der Waals surface area contributed by atoms with Crippen molar-refractivity contribution < 1.29 is 27.9 Å². The maximum atomic E-state index is 12.9. The molecule has 0 saturated heterocycles. The van der Waals surface area contributed by atoms with E-state index < -0.39 is 23.6 Å². The highest BCUT2D eigenvalue weighted by atomic mass is 79.9. The van der Waals surface area contributed by atoms with Crippen LogP contribution in [0.1, 0.15) is 21.7 Å². The molecule has 8 nitrogen and oxygen atoms in total. The summed E-state index contributed by atoms with van der Waals surface area (Å²) in [4.78, 5) is 36.0. The lowest BCUT2D eigenvalue weighted by Gasteiger charge is -2.06. The highest BCUT2D eigenvalue weighted by molar-refractivity contribution is 9.10. The summed E-state index contributed by atoms with van der Waals surface area (Å²) in [5.41, 5.74) is 2.90. The standard InChI is InChI=1S/C23H17BrFN3O5/c24-17-5-9-20(33-22(30)10-8-19-2-1-11-32-19)16(12-17)13-27-28-21(29)14-26-23(31)15-3-6-18(25)7-4-15/h1-13H,14H2,(H,26,31)(H,28,29)/b10-8+,27-13+. The maximum Gasteiger partial charge on any atom is 0.336 e. The van der Waals surface area contributed by atoms with Crippen molar-refractivity contribution in [3.05, 3.63) is 94.1 Å². The number of hydrogen-bond acceptors (Lipinski definition) is 6. The van der Waals surface area contributed by atoms with Gasteiger partial charge in [-0.1, -0.05) is 15.9 Å². The van der Waals surface area contributed by atoms with Gasteiger partial charge in [0.1, 0.15) is 17.3 Å². The third-order valence-corrected chi connectivity index (χ3v) is 4.51. The lowest BCUT2D eigenvalue weighted by atomic mass is 10.2. The fourth-order valence-corrected chi connectivity index (χ4v) is 2.85. The Labute approximate surface area is 196 Å². The van der Waals surface area contributed by atoms with Crippen LogP contribution in [0.4, 0.5) is 4.39 Å². The highest BCUT2D eigenvalue weighted by Gasteiger charge is 2.09. The molecule has 0 radical (unpaired) electrons. The van der Waals surface area contributed by atoms with Gasteiger partial charge in [0.15, 0.2) is 0 Å². The van der Waals surface area contributed by atoms with Crippen LogP contribution in [0.25, 0.3) is 6.08 Å². The Kier molecular flexibility index (Phi) is 8.25. The first-order valence-corrected chi connectivity index (χ1v) is 10.3. The van der Waals surface area contributed by atoms with Crippen LogP contribution in [0, 0.1) is 5.82 Å². The van der Waals surface area contributed by atoms with Gasteiger partial charge in [0, 0.05) is 21.7 Å². The fourth-order valence-electron chi connectivity index (χ4n) is 2.47. The Morgan fingerprint density at radius 3 is 2.64 bits per heavy atom. The highest BCUT2D eigenvalue weighted by Crippen LogP contribution is 2.22. The van der Waals surface area contributed by atoms with Crippen LogP contribution in [-0.2, 0) is 9.59 Å². The van der Waals surface area contributed by atoms with Crippen molar-refractivity contribution in [3.63, 3.8) is 0 Å². The van der Waals surface area contributed by atoms with Crippen molar-refractivity contribution in [1.29, 1.82) is 0 Å². The third-order valence-electron chi connectivity index (χ3n) is 4.02. The molecule has 1 heterocycles. The number of carbonyl (C=O) groups excluding carboxylic acids is 3. The number of carbonyl (C=O) groups is 3. The molecule has 0 aliphatic carbocycles. The molecule has 2 aromatic carbocycles. The molecule has 0 atom stereocenters. The average Bonchev–Trinajstić information content (AvgIpc) is 3.32. The molecule has 2 N–H and O–H groups in total. The van der Waals surface area contributed by atoms with E-state index in [9.17, 15) is 18.8 Å². The number of rotatable bonds is 8. The van der Waals surface area contributed by atoms with E-state index >= 15 is 0 Å². The predicted octanol–water partition coefficient (Wildman–Crippen LogP) is 3.68. The number of esters is 1. The van der Waals surface area contributed by atoms with Crippen LogP contribution in [-0.4, -0.2) is 30.5 Å². The number of benzene rings is 2. The molecular formula is C23H17BrFN3O5. The van der Waals surface area contributed by atoms with E-state index in [1.165, 1.54) is 36.8 Å². The topological polar surface area (TPSA) is 110 Å². The zero-order valence-electron chi connectivity index (χ0n) is 17.0.